The number of nitrogens with zero attached hydrogens (tertiary/aromatic N) is 7. The van der Waals surface area contributed by atoms with Crippen molar-refractivity contribution in [3.05, 3.63) is 42.1 Å². The highest BCUT2D eigenvalue weighted by molar-refractivity contribution is 5.47. The van der Waals surface area contributed by atoms with Gasteiger partial charge in [-0.15, -0.1) is 5.10 Å². The molecule has 0 aliphatic rings. The van der Waals surface area contributed by atoms with E-state index in [1.165, 1.54) is 0 Å². The summed E-state index contributed by atoms with van der Waals surface area (Å²) in [4.78, 5) is 8.72. The Balaban J connectivity index is 1.96. The SMILES string of the molecule is CCCn1cc(-c2nc(C(C)C)nn2Cc2ccncc2)nn1. The quantitative estimate of drug-likeness (QED) is 0.699. The molecule has 7 heteroatoms. The first-order valence-corrected chi connectivity index (χ1v) is 7.91. The lowest BCUT2D eigenvalue weighted by atomic mass is 10.2. The number of hydrogen-bond acceptors (Lipinski definition) is 5. The summed E-state index contributed by atoms with van der Waals surface area (Å²) in [7, 11) is 0. The van der Waals surface area contributed by atoms with Crippen LogP contribution in [0.15, 0.2) is 30.7 Å². The highest BCUT2D eigenvalue weighted by Crippen LogP contribution is 2.19. The first-order valence-electron chi connectivity index (χ1n) is 7.91. The van der Waals surface area contributed by atoms with Crippen molar-refractivity contribution in [2.75, 3.05) is 0 Å². The van der Waals surface area contributed by atoms with Gasteiger partial charge >= 0.3 is 0 Å². The van der Waals surface area contributed by atoms with E-state index in [2.05, 4.69) is 46.1 Å². The topological polar surface area (TPSA) is 74.3 Å². The van der Waals surface area contributed by atoms with Gasteiger partial charge in [0.1, 0.15) is 5.69 Å². The molecule has 3 rings (SSSR count). The molecule has 3 aromatic rings. The average molecular weight is 311 g/mol. The van der Waals surface area contributed by atoms with E-state index >= 15 is 0 Å². The van der Waals surface area contributed by atoms with E-state index in [-0.39, 0.29) is 5.92 Å². The van der Waals surface area contributed by atoms with Crippen LogP contribution in [0.3, 0.4) is 0 Å². The van der Waals surface area contributed by atoms with E-state index in [0.29, 0.717) is 6.54 Å². The Morgan fingerprint density at radius 3 is 2.65 bits per heavy atom. The monoisotopic (exact) mass is 311 g/mol. The molecule has 0 spiro atoms. The van der Waals surface area contributed by atoms with Crippen molar-refractivity contribution < 1.29 is 0 Å². The highest BCUT2D eigenvalue weighted by atomic mass is 15.4. The first-order chi connectivity index (χ1) is 11.2. The predicted octanol–water partition coefficient (Wildman–Crippen LogP) is 2.51. The summed E-state index contributed by atoms with van der Waals surface area (Å²) in [5.74, 6) is 1.84. The molecule has 0 aromatic carbocycles. The molecule has 23 heavy (non-hydrogen) atoms. The van der Waals surface area contributed by atoms with E-state index < -0.39 is 0 Å². The minimum absolute atomic E-state index is 0.262. The zero-order chi connectivity index (χ0) is 16.2. The largest absolute Gasteiger partial charge is 0.265 e. The van der Waals surface area contributed by atoms with Crippen molar-refractivity contribution in [3.63, 3.8) is 0 Å². The van der Waals surface area contributed by atoms with Gasteiger partial charge in [-0.1, -0.05) is 26.0 Å². The molecule has 0 aliphatic carbocycles. The number of hydrogen-bond donors (Lipinski definition) is 0. The van der Waals surface area contributed by atoms with Crippen LogP contribution in [0, 0.1) is 0 Å². The van der Waals surface area contributed by atoms with Crippen molar-refractivity contribution >= 4 is 0 Å². The van der Waals surface area contributed by atoms with Crippen LogP contribution in [0.5, 0.6) is 0 Å². The van der Waals surface area contributed by atoms with Gasteiger partial charge < -0.3 is 0 Å². The van der Waals surface area contributed by atoms with Crippen LogP contribution in [-0.2, 0) is 13.1 Å². The third kappa shape index (κ3) is 3.44. The Kier molecular flexibility index (Phi) is 4.45. The first kappa shape index (κ1) is 15.3. The number of rotatable bonds is 6. The summed E-state index contributed by atoms with van der Waals surface area (Å²) in [6, 6.07) is 3.96. The fourth-order valence-corrected chi connectivity index (χ4v) is 2.30. The molecule has 0 unspecified atom stereocenters. The second kappa shape index (κ2) is 6.68. The van der Waals surface area contributed by atoms with E-state index in [0.717, 1.165) is 35.9 Å². The van der Waals surface area contributed by atoms with Crippen molar-refractivity contribution in [2.45, 2.75) is 46.2 Å². The summed E-state index contributed by atoms with van der Waals surface area (Å²) >= 11 is 0. The molecule has 0 saturated carbocycles. The maximum absolute atomic E-state index is 4.67. The third-order valence-electron chi connectivity index (χ3n) is 3.51. The Morgan fingerprint density at radius 2 is 1.96 bits per heavy atom. The molecular formula is C16H21N7. The summed E-state index contributed by atoms with van der Waals surface area (Å²) in [6.45, 7) is 7.78. The fraction of sp³-hybridized carbons (Fsp3) is 0.438. The summed E-state index contributed by atoms with van der Waals surface area (Å²) in [5, 5.41) is 13.1. The summed E-state index contributed by atoms with van der Waals surface area (Å²) in [6.07, 6.45) is 6.52. The minimum Gasteiger partial charge on any atom is -0.265 e. The minimum atomic E-state index is 0.262. The van der Waals surface area contributed by atoms with E-state index in [1.807, 2.05) is 27.7 Å². The van der Waals surface area contributed by atoms with Crippen molar-refractivity contribution in [3.8, 4) is 11.5 Å². The van der Waals surface area contributed by atoms with Crippen LogP contribution < -0.4 is 0 Å². The molecule has 0 radical (unpaired) electrons. The number of pyridine rings is 1. The van der Waals surface area contributed by atoms with Crippen molar-refractivity contribution in [1.29, 1.82) is 0 Å². The molecule has 120 valence electrons. The van der Waals surface area contributed by atoms with Gasteiger partial charge in [-0.25, -0.2) is 9.67 Å². The molecule has 0 fully saturated rings. The molecular weight excluding hydrogens is 290 g/mol. The van der Waals surface area contributed by atoms with Gasteiger partial charge in [-0.3, -0.25) is 9.67 Å². The normalized spacial score (nSPS) is 11.3. The smallest absolute Gasteiger partial charge is 0.180 e. The predicted molar refractivity (Wildman–Crippen MR) is 86.8 cm³/mol. The Morgan fingerprint density at radius 1 is 1.17 bits per heavy atom. The number of aryl methyl sites for hydroxylation is 1. The van der Waals surface area contributed by atoms with Gasteiger partial charge in [-0.05, 0) is 24.1 Å². The molecule has 3 aromatic heterocycles. The van der Waals surface area contributed by atoms with E-state index in [4.69, 9.17) is 0 Å². The lowest BCUT2D eigenvalue weighted by molar-refractivity contribution is 0.579. The Labute approximate surface area is 135 Å². The molecule has 0 amide bonds. The van der Waals surface area contributed by atoms with E-state index in [9.17, 15) is 0 Å². The van der Waals surface area contributed by atoms with Gasteiger partial charge in [0.15, 0.2) is 11.6 Å². The van der Waals surface area contributed by atoms with Gasteiger partial charge in [0.25, 0.3) is 0 Å². The van der Waals surface area contributed by atoms with Crippen LogP contribution >= 0.6 is 0 Å². The van der Waals surface area contributed by atoms with Crippen molar-refractivity contribution in [1.82, 2.24) is 34.7 Å². The number of aromatic nitrogens is 7. The molecule has 0 saturated heterocycles. The van der Waals surface area contributed by atoms with Crippen LogP contribution in [0.1, 0.15) is 44.5 Å². The molecule has 0 atom stereocenters. The van der Waals surface area contributed by atoms with Gasteiger partial charge in [0, 0.05) is 24.9 Å². The lowest BCUT2D eigenvalue weighted by Crippen LogP contribution is -2.05. The highest BCUT2D eigenvalue weighted by Gasteiger charge is 2.17. The zero-order valence-electron chi connectivity index (χ0n) is 13.7. The fourth-order valence-electron chi connectivity index (χ4n) is 2.30. The second-order valence-electron chi connectivity index (χ2n) is 5.83. The van der Waals surface area contributed by atoms with Gasteiger partial charge in [0.2, 0.25) is 0 Å². The van der Waals surface area contributed by atoms with Crippen molar-refractivity contribution in [2.24, 2.45) is 0 Å². The Hall–Kier alpha value is -2.57. The lowest BCUT2D eigenvalue weighted by Gasteiger charge is -2.03. The molecule has 3 heterocycles. The third-order valence-corrected chi connectivity index (χ3v) is 3.51. The van der Waals surface area contributed by atoms with Crippen LogP contribution in [-0.4, -0.2) is 34.7 Å². The van der Waals surface area contributed by atoms with Crippen LogP contribution in [0.4, 0.5) is 0 Å². The molecule has 0 aliphatic heterocycles. The summed E-state index contributed by atoms with van der Waals surface area (Å²) in [5.41, 5.74) is 1.88. The molecule has 0 bridgehead atoms. The maximum Gasteiger partial charge on any atom is 0.180 e. The maximum atomic E-state index is 4.67. The second-order valence-corrected chi connectivity index (χ2v) is 5.83. The molecule has 7 nitrogen and oxygen atoms in total. The summed E-state index contributed by atoms with van der Waals surface area (Å²) < 4.78 is 3.74. The van der Waals surface area contributed by atoms with Gasteiger partial charge in [0.05, 0.1) is 12.7 Å². The molecule has 0 N–H and O–H groups in total. The van der Waals surface area contributed by atoms with Crippen LogP contribution in [0.25, 0.3) is 11.5 Å². The standard InChI is InChI=1S/C16H21N7/c1-4-9-22-11-14(19-21-22)16-18-15(12(2)3)20-23(16)10-13-5-7-17-8-6-13/h5-8,11-12H,4,9-10H2,1-3H3. The zero-order valence-corrected chi connectivity index (χ0v) is 13.7. The average Bonchev–Trinajstić information content (AvgIpc) is 3.15. The van der Waals surface area contributed by atoms with Crippen LogP contribution in [0.2, 0.25) is 0 Å². The van der Waals surface area contributed by atoms with Gasteiger partial charge in [-0.2, -0.15) is 5.10 Å². The Bertz CT molecular complexity index is 758. The van der Waals surface area contributed by atoms with E-state index in [1.54, 1.807) is 12.4 Å².